The Balaban J connectivity index is 2.28. The van der Waals surface area contributed by atoms with Crippen LogP contribution in [-0.2, 0) is 10.0 Å². The van der Waals surface area contributed by atoms with Gasteiger partial charge in [0, 0.05) is 0 Å². The topological polar surface area (TPSA) is 106 Å². The van der Waals surface area contributed by atoms with Gasteiger partial charge in [-0.1, -0.05) is 0 Å². The highest BCUT2D eigenvalue weighted by atomic mass is 32.2. The van der Waals surface area contributed by atoms with Crippen LogP contribution in [0.3, 0.4) is 0 Å². The van der Waals surface area contributed by atoms with Crippen molar-refractivity contribution in [3.05, 3.63) is 24.0 Å². The molecule has 0 saturated heterocycles. The van der Waals surface area contributed by atoms with Gasteiger partial charge in [0.15, 0.2) is 11.6 Å². The van der Waals surface area contributed by atoms with E-state index < -0.39 is 15.8 Å². The lowest BCUT2D eigenvalue weighted by Gasteiger charge is -2.06. The van der Waals surface area contributed by atoms with Crippen molar-refractivity contribution in [2.45, 2.75) is 4.90 Å². The number of aromatic amines is 1. The number of ether oxygens (including phenoxy) is 2. The fourth-order valence-corrected chi connectivity index (χ4v) is 2.35. The van der Waals surface area contributed by atoms with Crippen LogP contribution < -0.4 is 14.2 Å². The maximum atomic E-state index is 13.5. The molecule has 2 N–H and O–H groups in total. The van der Waals surface area contributed by atoms with Gasteiger partial charge in [0.2, 0.25) is 5.95 Å². The summed E-state index contributed by atoms with van der Waals surface area (Å²) in [6.07, 6.45) is 0. The molecule has 0 aliphatic rings. The van der Waals surface area contributed by atoms with Crippen LogP contribution in [0.25, 0.3) is 0 Å². The van der Waals surface area contributed by atoms with Gasteiger partial charge < -0.3 is 9.47 Å². The fraction of sp³-hybridized carbons (Fsp3) is 0.200. The summed E-state index contributed by atoms with van der Waals surface area (Å²) in [5.41, 5.74) is 0. The summed E-state index contributed by atoms with van der Waals surface area (Å²) < 4.78 is 49.0. The van der Waals surface area contributed by atoms with Crippen LogP contribution in [0.1, 0.15) is 0 Å². The number of anilines is 1. The van der Waals surface area contributed by atoms with Gasteiger partial charge in [0.25, 0.3) is 10.0 Å². The highest BCUT2D eigenvalue weighted by Gasteiger charge is 2.18. The Morgan fingerprint density at radius 3 is 2.60 bits per heavy atom. The molecule has 0 bridgehead atoms. The summed E-state index contributed by atoms with van der Waals surface area (Å²) in [5, 5.41) is 5.90. The number of nitrogens with zero attached hydrogens (tertiary/aromatic N) is 2. The second-order valence-electron chi connectivity index (χ2n) is 3.57. The SMILES string of the molecule is COc1n[nH]c(NS(=O)(=O)c2ccc(OC)c(F)c2)n1. The van der Waals surface area contributed by atoms with Gasteiger partial charge in [0.1, 0.15) is 0 Å². The lowest BCUT2D eigenvalue weighted by Crippen LogP contribution is -2.14. The summed E-state index contributed by atoms with van der Waals surface area (Å²) in [4.78, 5) is 3.43. The van der Waals surface area contributed by atoms with Gasteiger partial charge in [0.05, 0.1) is 19.1 Å². The molecule has 20 heavy (non-hydrogen) atoms. The van der Waals surface area contributed by atoms with Crippen molar-refractivity contribution in [3.63, 3.8) is 0 Å². The molecular formula is C10H11FN4O4S. The van der Waals surface area contributed by atoms with E-state index in [1.54, 1.807) is 0 Å². The summed E-state index contributed by atoms with van der Waals surface area (Å²) in [5.74, 6) is -0.978. The number of benzene rings is 1. The van der Waals surface area contributed by atoms with E-state index in [-0.39, 0.29) is 22.6 Å². The van der Waals surface area contributed by atoms with Gasteiger partial charge in [-0.05, 0) is 18.2 Å². The molecule has 1 aromatic carbocycles. The normalized spacial score (nSPS) is 11.2. The third-order valence-corrected chi connectivity index (χ3v) is 3.65. The number of sulfonamides is 1. The zero-order valence-electron chi connectivity index (χ0n) is 10.5. The van der Waals surface area contributed by atoms with Crippen LogP contribution in [-0.4, -0.2) is 37.8 Å². The molecule has 0 amide bonds. The predicted octanol–water partition coefficient (Wildman–Crippen LogP) is 0.762. The van der Waals surface area contributed by atoms with E-state index in [9.17, 15) is 12.8 Å². The van der Waals surface area contributed by atoms with E-state index in [1.165, 1.54) is 26.4 Å². The summed E-state index contributed by atoms with van der Waals surface area (Å²) in [6, 6.07) is 3.24. The van der Waals surface area contributed by atoms with E-state index in [1.807, 2.05) is 0 Å². The summed E-state index contributed by atoms with van der Waals surface area (Å²) in [7, 11) is -1.37. The van der Waals surface area contributed by atoms with E-state index in [0.717, 1.165) is 6.07 Å². The minimum Gasteiger partial charge on any atom is -0.494 e. The van der Waals surface area contributed by atoms with Crippen LogP contribution in [0.5, 0.6) is 11.8 Å². The Morgan fingerprint density at radius 1 is 1.30 bits per heavy atom. The zero-order chi connectivity index (χ0) is 14.8. The number of H-pyrrole nitrogens is 1. The lowest BCUT2D eigenvalue weighted by atomic mass is 10.3. The Bertz CT molecular complexity index is 716. The molecule has 0 fully saturated rings. The van der Waals surface area contributed by atoms with Crippen LogP contribution in [0.15, 0.2) is 23.1 Å². The van der Waals surface area contributed by atoms with Gasteiger partial charge in [-0.3, -0.25) is 0 Å². The first-order chi connectivity index (χ1) is 9.46. The molecule has 1 heterocycles. The molecule has 0 atom stereocenters. The van der Waals surface area contributed by atoms with Gasteiger partial charge in [-0.2, -0.15) is 4.98 Å². The molecule has 2 aromatic rings. The quantitative estimate of drug-likeness (QED) is 0.844. The number of hydrogen-bond donors (Lipinski definition) is 2. The van der Waals surface area contributed by atoms with Crippen molar-refractivity contribution in [3.8, 4) is 11.8 Å². The molecule has 8 nitrogen and oxygen atoms in total. The van der Waals surface area contributed by atoms with Gasteiger partial charge in [-0.25, -0.2) is 22.6 Å². The Hall–Kier alpha value is -2.36. The Morgan fingerprint density at radius 2 is 2.05 bits per heavy atom. The predicted molar refractivity (Wildman–Crippen MR) is 66.7 cm³/mol. The zero-order valence-corrected chi connectivity index (χ0v) is 11.4. The van der Waals surface area contributed by atoms with Crippen LogP contribution in [0, 0.1) is 5.82 Å². The molecule has 1 aromatic heterocycles. The number of methoxy groups -OCH3 is 2. The highest BCUT2D eigenvalue weighted by molar-refractivity contribution is 7.92. The molecule has 0 aliphatic carbocycles. The number of halogens is 1. The molecule has 0 unspecified atom stereocenters. The van der Waals surface area contributed by atoms with Crippen molar-refractivity contribution >= 4 is 16.0 Å². The lowest BCUT2D eigenvalue weighted by molar-refractivity contribution is 0.382. The smallest absolute Gasteiger partial charge is 0.336 e. The number of aromatic nitrogens is 3. The summed E-state index contributed by atoms with van der Waals surface area (Å²) in [6.45, 7) is 0. The number of nitrogens with one attached hydrogen (secondary N) is 2. The molecule has 0 aliphatic heterocycles. The summed E-state index contributed by atoms with van der Waals surface area (Å²) >= 11 is 0. The highest BCUT2D eigenvalue weighted by Crippen LogP contribution is 2.21. The van der Waals surface area contributed by atoms with Crippen LogP contribution in [0.2, 0.25) is 0 Å². The number of hydrogen-bond acceptors (Lipinski definition) is 6. The minimum absolute atomic E-state index is 0.0244. The molecule has 0 radical (unpaired) electrons. The maximum Gasteiger partial charge on any atom is 0.336 e. The first-order valence-electron chi connectivity index (χ1n) is 5.29. The van der Waals surface area contributed by atoms with Crippen molar-refractivity contribution in [1.29, 1.82) is 0 Å². The van der Waals surface area contributed by atoms with Crippen LogP contribution in [0.4, 0.5) is 10.3 Å². The molecular weight excluding hydrogens is 291 g/mol. The molecule has 0 saturated carbocycles. The van der Waals surface area contributed by atoms with E-state index >= 15 is 0 Å². The van der Waals surface area contributed by atoms with E-state index in [2.05, 4.69) is 19.9 Å². The molecule has 0 spiro atoms. The largest absolute Gasteiger partial charge is 0.494 e. The molecule has 2 rings (SSSR count). The maximum absolute atomic E-state index is 13.5. The average molecular weight is 302 g/mol. The van der Waals surface area contributed by atoms with Crippen molar-refractivity contribution in [2.24, 2.45) is 0 Å². The average Bonchev–Trinajstić information content (AvgIpc) is 2.85. The Labute approximate surface area is 114 Å². The van der Waals surface area contributed by atoms with E-state index in [4.69, 9.17) is 9.47 Å². The first-order valence-corrected chi connectivity index (χ1v) is 6.77. The van der Waals surface area contributed by atoms with Crippen LogP contribution >= 0.6 is 0 Å². The van der Waals surface area contributed by atoms with Gasteiger partial charge >= 0.3 is 6.01 Å². The fourth-order valence-electron chi connectivity index (χ4n) is 1.38. The second kappa shape index (κ2) is 5.33. The first kappa shape index (κ1) is 14.1. The third kappa shape index (κ3) is 2.79. The standard InChI is InChI=1S/C10H11FN4O4S/c1-18-8-4-3-6(5-7(8)11)20(16,17)15-9-12-10(19-2)14-13-9/h3-5H,1-2H3,(H2,12,13,14,15). The Kier molecular flexibility index (Phi) is 3.74. The minimum atomic E-state index is -3.99. The second-order valence-corrected chi connectivity index (χ2v) is 5.25. The monoisotopic (exact) mass is 302 g/mol. The molecule has 108 valence electrons. The number of rotatable bonds is 5. The van der Waals surface area contributed by atoms with Crippen molar-refractivity contribution < 1.29 is 22.3 Å². The van der Waals surface area contributed by atoms with Gasteiger partial charge in [-0.15, -0.1) is 5.10 Å². The third-order valence-electron chi connectivity index (χ3n) is 2.31. The van der Waals surface area contributed by atoms with E-state index in [0.29, 0.717) is 0 Å². The molecule has 10 heteroatoms. The van der Waals surface area contributed by atoms with Crippen molar-refractivity contribution in [1.82, 2.24) is 15.2 Å². The van der Waals surface area contributed by atoms with Crippen molar-refractivity contribution in [2.75, 3.05) is 18.9 Å².